The molecule has 206 valence electrons. The fourth-order valence-electron chi connectivity index (χ4n) is 6.69. The molecule has 1 aliphatic heterocycles. The van der Waals surface area contributed by atoms with E-state index >= 15 is 0 Å². The van der Waals surface area contributed by atoms with Crippen molar-refractivity contribution in [2.75, 3.05) is 0 Å². The summed E-state index contributed by atoms with van der Waals surface area (Å²) in [5.41, 5.74) is 7.82. The summed E-state index contributed by atoms with van der Waals surface area (Å²) in [4.78, 5) is 8.48. The van der Waals surface area contributed by atoms with E-state index in [9.17, 15) is 0 Å². The van der Waals surface area contributed by atoms with Gasteiger partial charge in [-0.25, -0.2) is 4.98 Å². The van der Waals surface area contributed by atoms with Gasteiger partial charge in [0, 0.05) is 24.9 Å². The molecule has 0 atom stereocenters. The van der Waals surface area contributed by atoms with Crippen LogP contribution in [0.25, 0.3) is 37.3 Å². The average molecular weight is 600 g/mol. The zero-order chi connectivity index (χ0) is 31.3. The van der Waals surface area contributed by atoms with Gasteiger partial charge in [0.1, 0.15) is 8.07 Å². The quantitative estimate of drug-likeness (QED) is 0.188. The Morgan fingerprint density at radius 1 is 0.786 bits per heavy atom. The van der Waals surface area contributed by atoms with E-state index < -0.39 is 14.9 Å². The van der Waals surface area contributed by atoms with Crippen molar-refractivity contribution in [3.63, 3.8) is 0 Å². The molecular formula is C37H32N2S2Si. The number of imidazole rings is 1. The molecule has 0 spiro atoms. The van der Waals surface area contributed by atoms with Crippen molar-refractivity contribution < 1.29 is 4.11 Å². The lowest BCUT2D eigenvalue weighted by Crippen LogP contribution is -2.54. The van der Waals surface area contributed by atoms with Crippen LogP contribution < -0.4 is 10.4 Å². The molecule has 0 unspecified atom stereocenters. The Balaban J connectivity index is 1.33. The zero-order valence-corrected chi connectivity index (χ0v) is 26.7. The Bertz CT molecular complexity index is 2310. The minimum atomic E-state index is -2.31. The molecule has 0 saturated carbocycles. The molecular weight excluding hydrogens is 565 g/mol. The van der Waals surface area contributed by atoms with Gasteiger partial charge >= 0.3 is 0 Å². The van der Waals surface area contributed by atoms with Crippen LogP contribution in [0.3, 0.4) is 0 Å². The predicted molar refractivity (Wildman–Crippen MR) is 184 cm³/mol. The summed E-state index contributed by atoms with van der Waals surface area (Å²) in [6.45, 7) is 7.20. The van der Waals surface area contributed by atoms with Crippen LogP contribution in [0.15, 0.2) is 113 Å². The summed E-state index contributed by atoms with van der Waals surface area (Å²) in [6.07, 6.45) is 0. The minimum absolute atomic E-state index is 0.107. The first-order chi connectivity index (χ1) is 21.5. The molecule has 7 aromatic rings. The van der Waals surface area contributed by atoms with Crippen molar-refractivity contribution in [2.24, 2.45) is 0 Å². The van der Waals surface area contributed by atoms with Gasteiger partial charge < -0.3 is 0 Å². The third kappa shape index (κ3) is 3.67. The van der Waals surface area contributed by atoms with Gasteiger partial charge in [0.2, 0.25) is 0 Å². The van der Waals surface area contributed by atoms with Gasteiger partial charge in [0.05, 0.1) is 21.3 Å². The fourth-order valence-corrected chi connectivity index (χ4v) is 12.7. The van der Waals surface area contributed by atoms with Crippen molar-refractivity contribution in [2.45, 2.75) is 49.0 Å². The lowest BCUT2D eigenvalue weighted by Gasteiger charge is -2.38. The molecule has 1 aliphatic rings. The fraction of sp³-hybridized carbons (Fsp3) is 0.162. The van der Waals surface area contributed by atoms with Crippen molar-refractivity contribution >= 4 is 67.8 Å². The smallest absolute Gasteiger partial charge is 0.195 e. The van der Waals surface area contributed by atoms with E-state index in [0.717, 1.165) is 37.3 Å². The van der Waals surface area contributed by atoms with Crippen LogP contribution in [-0.2, 0) is 5.41 Å². The summed E-state index contributed by atoms with van der Waals surface area (Å²) in [5, 5.41) is 2.61. The van der Waals surface area contributed by atoms with Crippen molar-refractivity contribution in [1.29, 1.82) is 0 Å². The molecule has 3 heterocycles. The van der Waals surface area contributed by atoms with Gasteiger partial charge in [-0.05, 0) is 58.6 Å². The molecule has 2 nitrogen and oxygen atoms in total. The Labute approximate surface area is 260 Å². The number of benzene rings is 5. The first-order valence-corrected chi connectivity index (χ1v) is 18.9. The van der Waals surface area contributed by atoms with Gasteiger partial charge in [0.25, 0.3) is 0 Å². The number of rotatable bonds is 3. The normalized spacial score (nSPS) is 15.8. The predicted octanol–water partition coefficient (Wildman–Crippen LogP) is 9.29. The molecule has 0 N–H and O–H groups in total. The van der Waals surface area contributed by atoms with Crippen LogP contribution in [0.4, 0.5) is 0 Å². The van der Waals surface area contributed by atoms with Crippen LogP contribution in [-0.4, -0.2) is 17.5 Å². The van der Waals surface area contributed by atoms with Crippen LogP contribution in [0, 0.1) is 6.85 Å². The van der Waals surface area contributed by atoms with E-state index in [1.807, 2.05) is 42.1 Å². The summed E-state index contributed by atoms with van der Waals surface area (Å²) < 4.78 is 28.8. The first kappa shape index (κ1) is 22.9. The van der Waals surface area contributed by atoms with E-state index in [1.54, 1.807) is 11.3 Å². The van der Waals surface area contributed by atoms with Gasteiger partial charge in [-0.2, -0.15) is 0 Å². The van der Waals surface area contributed by atoms with E-state index in [1.165, 1.54) is 31.3 Å². The van der Waals surface area contributed by atoms with Gasteiger partial charge in [-0.3, -0.25) is 4.40 Å². The van der Waals surface area contributed by atoms with Crippen molar-refractivity contribution in [1.82, 2.24) is 9.38 Å². The van der Waals surface area contributed by atoms with Crippen LogP contribution >= 0.6 is 23.1 Å². The Morgan fingerprint density at radius 3 is 2.43 bits per heavy atom. The Hall–Kier alpha value is -3.64. The highest BCUT2D eigenvalue weighted by atomic mass is 32.2. The standard InChI is InChI=1S/C37H32N2S2Si/c1-23-20-21-24(42(4,5)33-19-11-14-28-35(33)40-32-18-9-6-13-27(32)37(28,2)3)22-26(23)25-12-10-17-31-34(25)41-36-38-29-15-7-8-16-30(29)39(31)36/h6-22H,1-5H3/i1D3. The maximum atomic E-state index is 8.51. The van der Waals surface area contributed by atoms with Crippen LogP contribution in [0.2, 0.25) is 13.1 Å². The SMILES string of the molecule is [2H]C([2H])([2H])c1ccc([Si](C)(C)c2cccc3c2Sc2ccccc2C3(C)C)cc1-c1cccc2c1sc1nc3ccccc3n12. The molecule has 0 saturated heterocycles. The molecule has 0 amide bonds. The zero-order valence-electron chi connectivity index (χ0n) is 27.0. The van der Waals surface area contributed by atoms with E-state index in [2.05, 4.69) is 104 Å². The van der Waals surface area contributed by atoms with Gasteiger partial charge in [-0.15, -0.1) is 0 Å². The lowest BCUT2D eigenvalue weighted by molar-refractivity contribution is 0.608. The average Bonchev–Trinajstić information content (AvgIpc) is 3.56. The molecule has 42 heavy (non-hydrogen) atoms. The highest BCUT2D eigenvalue weighted by Gasteiger charge is 2.38. The number of aromatic nitrogens is 2. The number of hydrogen-bond acceptors (Lipinski definition) is 3. The first-order valence-electron chi connectivity index (χ1n) is 15.8. The number of nitrogens with zero attached hydrogens (tertiary/aromatic N) is 2. The van der Waals surface area contributed by atoms with Crippen LogP contribution in [0.5, 0.6) is 0 Å². The number of hydrogen-bond donors (Lipinski definition) is 0. The third-order valence-electron chi connectivity index (χ3n) is 9.12. The molecule has 0 bridgehead atoms. The maximum Gasteiger partial charge on any atom is 0.195 e. The number of thiazole rings is 1. The number of fused-ring (bicyclic) bond motifs is 7. The molecule has 0 radical (unpaired) electrons. The molecule has 5 heteroatoms. The maximum absolute atomic E-state index is 8.51. The topological polar surface area (TPSA) is 17.3 Å². The molecule has 0 aliphatic carbocycles. The largest absolute Gasteiger partial charge is 0.283 e. The molecule has 2 aromatic heterocycles. The molecule has 5 aromatic carbocycles. The minimum Gasteiger partial charge on any atom is -0.283 e. The monoisotopic (exact) mass is 599 g/mol. The van der Waals surface area contributed by atoms with E-state index in [-0.39, 0.29) is 5.41 Å². The summed E-state index contributed by atoms with van der Waals surface area (Å²) in [6, 6.07) is 36.1. The van der Waals surface area contributed by atoms with Crippen molar-refractivity contribution in [3.8, 4) is 11.1 Å². The lowest BCUT2D eigenvalue weighted by atomic mass is 9.78. The van der Waals surface area contributed by atoms with E-state index in [0.29, 0.717) is 5.56 Å². The van der Waals surface area contributed by atoms with Gasteiger partial charge in [0.15, 0.2) is 4.96 Å². The second-order valence-corrected chi connectivity index (χ2v) is 18.7. The summed E-state index contributed by atoms with van der Waals surface area (Å²) in [7, 11) is -2.31. The second-order valence-electron chi connectivity index (χ2n) is 12.3. The van der Waals surface area contributed by atoms with Gasteiger partial charge in [-0.1, -0.05) is 134 Å². The van der Waals surface area contributed by atoms with Crippen LogP contribution in [0.1, 0.15) is 34.7 Å². The third-order valence-corrected chi connectivity index (χ3v) is 15.1. The summed E-state index contributed by atoms with van der Waals surface area (Å²) in [5.74, 6) is 0. The molecule has 8 rings (SSSR count). The Kier molecular flexibility index (Phi) is 5.00. The van der Waals surface area contributed by atoms with Crippen molar-refractivity contribution in [3.05, 3.63) is 120 Å². The molecule has 0 fully saturated rings. The Morgan fingerprint density at radius 2 is 1.55 bits per heavy atom. The number of para-hydroxylation sites is 2. The van der Waals surface area contributed by atoms with E-state index in [4.69, 9.17) is 9.10 Å². The number of aryl methyl sites for hydroxylation is 1. The summed E-state index contributed by atoms with van der Waals surface area (Å²) >= 11 is 3.51. The second kappa shape index (κ2) is 9.18. The highest BCUT2D eigenvalue weighted by Crippen LogP contribution is 2.48. The highest BCUT2D eigenvalue weighted by molar-refractivity contribution is 7.99.